The van der Waals surface area contributed by atoms with Gasteiger partial charge in [0.15, 0.2) is 0 Å². The van der Waals surface area contributed by atoms with Crippen LogP contribution in [0.15, 0.2) is 48.7 Å². The number of likely N-dealkylation sites (tertiary alicyclic amines) is 1. The first-order valence-corrected chi connectivity index (χ1v) is 9.91. The molecule has 1 amide bonds. The Kier molecular flexibility index (Phi) is 8.32. The highest BCUT2D eigenvalue weighted by molar-refractivity contribution is 5.95. The molecule has 3 atom stereocenters. The van der Waals surface area contributed by atoms with E-state index < -0.39 is 0 Å². The third kappa shape index (κ3) is 5.03. The maximum atomic E-state index is 13.2. The van der Waals surface area contributed by atoms with Crippen molar-refractivity contribution in [2.24, 2.45) is 17.6 Å². The van der Waals surface area contributed by atoms with Gasteiger partial charge in [0, 0.05) is 43.9 Å². The zero-order valence-electron chi connectivity index (χ0n) is 16.7. The largest absolute Gasteiger partial charge is 0.356 e. The standard InChI is InChI=1S/C22H28N4O.2ClH/c1-16-8-10-25(13-16)21-11-18(7-9-24-21)22(27)26-14-19(12-23)20(15-26)17-5-3-2-4-6-17;;/h2-7,9,11,16,19-20H,8,10,12-15,23H2,1H3;2*1H/t16?,19-,20+;;/m1../s1. The average Bonchev–Trinajstić information content (AvgIpc) is 3.34. The van der Waals surface area contributed by atoms with E-state index in [1.807, 2.05) is 23.1 Å². The first-order chi connectivity index (χ1) is 13.2. The lowest BCUT2D eigenvalue weighted by molar-refractivity contribution is 0.0786. The van der Waals surface area contributed by atoms with Gasteiger partial charge in [0.05, 0.1) is 0 Å². The lowest BCUT2D eigenvalue weighted by Gasteiger charge is -2.20. The predicted octanol–water partition coefficient (Wildman–Crippen LogP) is 3.59. The molecule has 2 aliphatic heterocycles. The first-order valence-electron chi connectivity index (χ1n) is 9.91. The molecule has 4 rings (SSSR count). The number of carbonyl (C=O) groups excluding carboxylic acids is 1. The van der Waals surface area contributed by atoms with Crippen LogP contribution in [0.4, 0.5) is 5.82 Å². The van der Waals surface area contributed by atoms with Crippen LogP contribution in [0.1, 0.15) is 35.2 Å². The fraction of sp³-hybridized carbons (Fsp3) is 0.455. The van der Waals surface area contributed by atoms with Gasteiger partial charge in [0.25, 0.3) is 5.91 Å². The smallest absolute Gasteiger partial charge is 0.254 e. The van der Waals surface area contributed by atoms with Crippen molar-refractivity contribution >= 4 is 36.5 Å². The van der Waals surface area contributed by atoms with Crippen LogP contribution in [0.25, 0.3) is 0 Å². The predicted molar refractivity (Wildman–Crippen MR) is 122 cm³/mol. The number of halogens is 2. The molecule has 2 aromatic rings. The SMILES string of the molecule is CC1CCN(c2cc(C(=O)N3C[C@@H](CN)[C@H](c4ccccc4)C3)ccn2)C1.Cl.Cl. The second-order valence-electron chi connectivity index (χ2n) is 7.97. The zero-order chi connectivity index (χ0) is 18.8. The van der Waals surface area contributed by atoms with E-state index >= 15 is 0 Å². The minimum absolute atomic E-state index is 0. The van der Waals surface area contributed by atoms with E-state index in [4.69, 9.17) is 5.73 Å². The van der Waals surface area contributed by atoms with E-state index in [0.717, 1.165) is 31.0 Å². The summed E-state index contributed by atoms with van der Waals surface area (Å²) in [5, 5.41) is 0. The summed E-state index contributed by atoms with van der Waals surface area (Å²) in [5.41, 5.74) is 8.02. The van der Waals surface area contributed by atoms with Crippen molar-refractivity contribution in [1.29, 1.82) is 0 Å². The summed E-state index contributed by atoms with van der Waals surface area (Å²) in [7, 11) is 0. The van der Waals surface area contributed by atoms with Crippen LogP contribution in [0, 0.1) is 11.8 Å². The van der Waals surface area contributed by atoms with E-state index in [-0.39, 0.29) is 30.7 Å². The summed E-state index contributed by atoms with van der Waals surface area (Å²) in [6.07, 6.45) is 2.94. The van der Waals surface area contributed by atoms with Crippen LogP contribution >= 0.6 is 24.8 Å². The monoisotopic (exact) mass is 436 g/mol. The van der Waals surface area contributed by atoms with Gasteiger partial charge in [-0.2, -0.15) is 0 Å². The average molecular weight is 437 g/mol. The Labute approximate surface area is 185 Å². The van der Waals surface area contributed by atoms with E-state index in [2.05, 4.69) is 41.1 Å². The first kappa shape index (κ1) is 23.5. The van der Waals surface area contributed by atoms with Gasteiger partial charge in [-0.3, -0.25) is 4.79 Å². The maximum Gasteiger partial charge on any atom is 0.254 e. The maximum absolute atomic E-state index is 13.2. The van der Waals surface area contributed by atoms with E-state index in [9.17, 15) is 4.79 Å². The van der Waals surface area contributed by atoms with Crippen molar-refractivity contribution in [3.05, 3.63) is 59.8 Å². The molecule has 0 saturated carbocycles. The number of anilines is 1. The van der Waals surface area contributed by atoms with Crippen LogP contribution in [0.2, 0.25) is 0 Å². The summed E-state index contributed by atoms with van der Waals surface area (Å²) >= 11 is 0. The van der Waals surface area contributed by atoms with Gasteiger partial charge < -0.3 is 15.5 Å². The Morgan fingerprint density at radius 1 is 1.14 bits per heavy atom. The Hall–Kier alpha value is -1.82. The Morgan fingerprint density at radius 3 is 2.55 bits per heavy atom. The fourth-order valence-electron chi connectivity index (χ4n) is 4.40. The number of rotatable bonds is 4. The highest BCUT2D eigenvalue weighted by atomic mass is 35.5. The van der Waals surface area contributed by atoms with Crippen LogP contribution in [0.3, 0.4) is 0 Å². The molecule has 0 radical (unpaired) electrons. The Bertz CT molecular complexity index is 804. The van der Waals surface area contributed by atoms with Crippen molar-refractivity contribution in [2.75, 3.05) is 37.6 Å². The number of pyridine rings is 1. The molecule has 5 nitrogen and oxygen atoms in total. The number of aromatic nitrogens is 1. The van der Waals surface area contributed by atoms with Crippen molar-refractivity contribution in [1.82, 2.24) is 9.88 Å². The van der Waals surface area contributed by atoms with Gasteiger partial charge in [0.2, 0.25) is 0 Å². The molecule has 1 aromatic heterocycles. The topological polar surface area (TPSA) is 62.5 Å². The molecule has 1 aromatic carbocycles. The normalized spacial score (nSPS) is 23.4. The molecule has 2 saturated heterocycles. The molecule has 7 heteroatoms. The van der Waals surface area contributed by atoms with Crippen LogP contribution in [-0.4, -0.2) is 48.5 Å². The molecular weight excluding hydrogens is 407 g/mol. The summed E-state index contributed by atoms with van der Waals surface area (Å²) in [4.78, 5) is 21.9. The highest BCUT2D eigenvalue weighted by Gasteiger charge is 2.35. The lowest BCUT2D eigenvalue weighted by Crippen LogP contribution is -2.30. The molecule has 3 heterocycles. The molecule has 1 unspecified atom stereocenters. The molecule has 29 heavy (non-hydrogen) atoms. The summed E-state index contributed by atoms with van der Waals surface area (Å²) in [6, 6.07) is 14.2. The molecule has 0 aliphatic carbocycles. The number of hydrogen-bond acceptors (Lipinski definition) is 4. The molecule has 158 valence electrons. The van der Waals surface area contributed by atoms with Crippen LogP contribution in [0.5, 0.6) is 0 Å². The van der Waals surface area contributed by atoms with Gasteiger partial charge in [-0.05, 0) is 42.5 Å². The van der Waals surface area contributed by atoms with E-state index in [1.54, 1.807) is 6.20 Å². The van der Waals surface area contributed by atoms with Crippen molar-refractivity contribution in [2.45, 2.75) is 19.3 Å². The number of nitrogens with two attached hydrogens (primary N) is 1. The summed E-state index contributed by atoms with van der Waals surface area (Å²) in [5.74, 6) is 2.29. The quantitative estimate of drug-likeness (QED) is 0.794. The van der Waals surface area contributed by atoms with Gasteiger partial charge in [-0.1, -0.05) is 37.3 Å². The third-order valence-corrected chi connectivity index (χ3v) is 6.00. The molecule has 2 fully saturated rings. The molecule has 0 bridgehead atoms. The third-order valence-electron chi connectivity index (χ3n) is 6.00. The van der Waals surface area contributed by atoms with Gasteiger partial charge in [-0.15, -0.1) is 24.8 Å². The fourth-order valence-corrected chi connectivity index (χ4v) is 4.40. The minimum atomic E-state index is 0. The number of nitrogens with zero attached hydrogens (tertiary/aromatic N) is 3. The second kappa shape index (κ2) is 10.3. The minimum Gasteiger partial charge on any atom is -0.356 e. The molecule has 0 spiro atoms. The zero-order valence-corrected chi connectivity index (χ0v) is 18.4. The highest BCUT2D eigenvalue weighted by Crippen LogP contribution is 2.33. The number of amides is 1. The summed E-state index contributed by atoms with van der Waals surface area (Å²) < 4.78 is 0. The number of carbonyl (C=O) groups is 1. The van der Waals surface area contributed by atoms with Crippen molar-refractivity contribution in [3.63, 3.8) is 0 Å². The summed E-state index contributed by atoms with van der Waals surface area (Å²) in [6.45, 7) is 6.32. The van der Waals surface area contributed by atoms with Crippen molar-refractivity contribution < 1.29 is 4.79 Å². The van der Waals surface area contributed by atoms with E-state index in [0.29, 0.717) is 30.8 Å². The van der Waals surface area contributed by atoms with E-state index in [1.165, 1.54) is 12.0 Å². The van der Waals surface area contributed by atoms with Crippen molar-refractivity contribution in [3.8, 4) is 0 Å². The van der Waals surface area contributed by atoms with Crippen LogP contribution in [-0.2, 0) is 0 Å². The van der Waals surface area contributed by atoms with Gasteiger partial charge >= 0.3 is 0 Å². The lowest BCUT2D eigenvalue weighted by atomic mass is 9.89. The number of benzene rings is 1. The Balaban J connectivity index is 0.00000150. The molecule has 2 aliphatic rings. The number of hydrogen-bond donors (Lipinski definition) is 1. The van der Waals surface area contributed by atoms with Gasteiger partial charge in [0.1, 0.15) is 5.82 Å². The molecular formula is C22H30Cl2N4O. The van der Waals surface area contributed by atoms with Crippen LogP contribution < -0.4 is 10.6 Å². The second-order valence-corrected chi connectivity index (χ2v) is 7.97. The van der Waals surface area contributed by atoms with Gasteiger partial charge in [-0.25, -0.2) is 4.98 Å². The molecule has 2 N–H and O–H groups in total. The Morgan fingerprint density at radius 2 is 1.90 bits per heavy atom.